The van der Waals surface area contributed by atoms with E-state index in [1.807, 2.05) is 24.4 Å². The van der Waals surface area contributed by atoms with Gasteiger partial charge in [-0.15, -0.1) is 0 Å². The minimum absolute atomic E-state index is 0.491. The van der Waals surface area contributed by atoms with E-state index in [0.29, 0.717) is 18.3 Å². The molecule has 3 aromatic carbocycles. The number of rotatable bonds is 5. The molecule has 0 atom stereocenters. The zero-order valence-corrected chi connectivity index (χ0v) is 17.7. The second kappa shape index (κ2) is 7.68. The lowest BCUT2D eigenvalue weighted by molar-refractivity contribution is 0.306. The molecular formula is C27H24N4O. The first-order valence-corrected chi connectivity index (χ1v) is 11.1. The van der Waals surface area contributed by atoms with E-state index in [4.69, 9.17) is 15.5 Å². The average molecular weight is 421 g/mol. The van der Waals surface area contributed by atoms with Crippen LogP contribution in [0.5, 0.6) is 5.75 Å². The number of nitrogen functional groups attached to an aromatic ring is 1. The van der Waals surface area contributed by atoms with Crippen molar-refractivity contribution in [1.29, 1.82) is 0 Å². The minimum atomic E-state index is 0.491. The molecule has 5 nitrogen and oxygen atoms in total. The fraction of sp³-hybridized carbons (Fsp3) is 0.185. The van der Waals surface area contributed by atoms with E-state index in [-0.39, 0.29) is 0 Å². The maximum absolute atomic E-state index is 6.28. The van der Waals surface area contributed by atoms with E-state index in [9.17, 15) is 0 Å². The predicted molar refractivity (Wildman–Crippen MR) is 128 cm³/mol. The Morgan fingerprint density at radius 2 is 1.84 bits per heavy atom. The van der Waals surface area contributed by atoms with Gasteiger partial charge in [0.1, 0.15) is 35.2 Å². The molecule has 0 unspecified atom stereocenters. The Morgan fingerprint density at radius 1 is 0.969 bits per heavy atom. The van der Waals surface area contributed by atoms with Gasteiger partial charge in [0.2, 0.25) is 0 Å². The van der Waals surface area contributed by atoms with Crippen LogP contribution < -0.4 is 10.5 Å². The highest BCUT2D eigenvalue weighted by molar-refractivity contribution is 5.86. The van der Waals surface area contributed by atoms with Crippen molar-refractivity contribution in [1.82, 2.24) is 14.4 Å². The Hall–Kier alpha value is -3.86. The number of fused-ring (bicyclic) bond motifs is 2. The molecule has 1 fully saturated rings. The van der Waals surface area contributed by atoms with Crippen LogP contribution in [0, 0.1) is 0 Å². The van der Waals surface area contributed by atoms with Crippen LogP contribution in [0.2, 0.25) is 0 Å². The summed E-state index contributed by atoms with van der Waals surface area (Å²) in [6.45, 7) is 0.509. The van der Waals surface area contributed by atoms with E-state index in [1.54, 1.807) is 6.20 Å². The second-order valence-electron chi connectivity index (χ2n) is 8.48. The van der Waals surface area contributed by atoms with Crippen LogP contribution in [0.1, 0.15) is 36.6 Å². The number of hydrogen-bond donors (Lipinski definition) is 1. The first-order valence-electron chi connectivity index (χ1n) is 11.1. The van der Waals surface area contributed by atoms with Crippen LogP contribution in [0.15, 0.2) is 79.1 Å². The third kappa shape index (κ3) is 3.26. The second-order valence-corrected chi connectivity index (χ2v) is 8.48. The number of aromatic nitrogens is 3. The van der Waals surface area contributed by atoms with Crippen LogP contribution >= 0.6 is 0 Å². The van der Waals surface area contributed by atoms with E-state index in [2.05, 4.69) is 57.9 Å². The molecule has 0 bridgehead atoms. The SMILES string of the molecule is Nc1nccn2c(C3CCC3)nc(-c3cccc(OCc4ccc5ccccc5c4)c3)c12. The number of ether oxygens (including phenoxy) is 1. The maximum atomic E-state index is 6.28. The molecule has 0 amide bonds. The lowest BCUT2D eigenvalue weighted by Crippen LogP contribution is -2.12. The Bertz CT molecular complexity index is 1430. The zero-order chi connectivity index (χ0) is 21.5. The molecule has 6 rings (SSSR count). The van der Waals surface area contributed by atoms with Crippen LogP contribution in [0.4, 0.5) is 5.82 Å². The van der Waals surface area contributed by atoms with Crippen LogP contribution in [0.3, 0.4) is 0 Å². The van der Waals surface area contributed by atoms with Gasteiger partial charge >= 0.3 is 0 Å². The molecule has 0 radical (unpaired) electrons. The first kappa shape index (κ1) is 18.9. The van der Waals surface area contributed by atoms with Gasteiger partial charge in [-0.2, -0.15) is 0 Å². The van der Waals surface area contributed by atoms with Crippen molar-refractivity contribution in [2.24, 2.45) is 0 Å². The van der Waals surface area contributed by atoms with Crippen LogP contribution in [-0.2, 0) is 6.61 Å². The first-order chi connectivity index (χ1) is 15.8. The largest absolute Gasteiger partial charge is 0.489 e. The summed E-state index contributed by atoms with van der Waals surface area (Å²) < 4.78 is 8.27. The molecule has 1 saturated carbocycles. The highest BCUT2D eigenvalue weighted by Crippen LogP contribution is 2.39. The van der Waals surface area contributed by atoms with Crippen LogP contribution in [0.25, 0.3) is 27.5 Å². The van der Waals surface area contributed by atoms with Crippen molar-refractivity contribution in [2.45, 2.75) is 31.8 Å². The number of hydrogen-bond acceptors (Lipinski definition) is 4. The van der Waals surface area contributed by atoms with E-state index >= 15 is 0 Å². The van der Waals surface area contributed by atoms with Crippen molar-refractivity contribution in [3.05, 3.63) is 90.5 Å². The molecule has 5 aromatic rings. The average Bonchev–Trinajstić information content (AvgIpc) is 3.17. The Morgan fingerprint density at radius 3 is 2.69 bits per heavy atom. The number of nitrogens with zero attached hydrogens (tertiary/aromatic N) is 3. The van der Waals surface area contributed by atoms with Gasteiger partial charge in [0.15, 0.2) is 0 Å². The predicted octanol–water partition coefficient (Wildman–Crippen LogP) is 5.98. The summed E-state index contributed by atoms with van der Waals surface area (Å²) in [5.74, 6) is 2.88. The third-order valence-corrected chi connectivity index (χ3v) is 6.41. The number of imidazole rings is 1. The van der Waals surface area contributed by atoms with Gasteiger partial charge in [-0.05, 0) is 47.4 Å². The summed E-state index contributed by atoms with van der Waals surface area (Å²) in [5, 5.41) is 2.46. The number of nitrogens with two attached hydrogens (primary N) is 1. The Labute approximate surface area is 186 Å². The summed E-state index contributed by atoms with van der Waals surface area (Å²) in [7, 11) is 0. The lowest BCUT2D eigenvalue weighted by atomic mass is 9.85. The zero-order valence-electron chi connectivity index (χ0n) is 17.7. The van der Waals surface area contributed by atoms with Crippen molar-refractivity contribution in [3.8, 4) is 17.0 Å². The van der Waals surface area contributed by atoms with Crippen molar-refractivity contribution in [2.75, 3.05) is 5.73 Å². The van der Waals surface area contributed by atoms with Crippen molar-refractivity contribution in [3.63, 3.8) is 0 Å². The maximum Gasteiger partial charge on any atom is 0.150 e. The van der Waals surface area contributed by atoms with Crippen molar-refractivity contribution < 1.29 is 4.74 Å². The smallest absolute Gasteiger partial charge is 0.150 e. The summed E-state index contributed by atoms with van der Waals surface area (Å²) >= 11 is 0. The molecule has 1 aliphatic rings. The molecule has 2 aromatic heterocycles. The third-order valence-electron chi connectivity index (χ3n) is 6.41. The van der Waals surface area contributed by atoms with E-state index < -0.39 is 0 Å². The number of anilines is 1. The molecular weight excluding hydrogens is 396 g/mol. The van der Waals surface area contributed by atoms with E-state index in [1.165, 1.54) is 30.0 Å². The quantitative estimate of drug-likeness (QED) is 0.380. The summed E-state index contributed by atoms with van der Waals surface area (Å²) in [5.41, 5.74) is 10.2. The van der Waals surface area contributed by atoms with Gasteiger partial charge < -0.3 is 10.5 Å². The molecule has 158 valence electrons. The molecule has 2 N–H and O–H groups in total. The minimum Gasteiger partial charge on any atom is -0.489 e. The van der Waals surface area contributed by atoms with Gasteiger partial charge in [-0.3, -0.25) is 4.40 Å². The summed E-state index contributed by atoms with van der Waals surface area (Å²) in [6, 6.07) is 22.9. The standard InChI is InChI=1S/C27H24N4O/c28-26-25-24(30-27(20-7-3-8-20)31(25)14-13-29-26)22-9-4-10-23(16-22)32-17-18-11-12-19-5-1-2-6-21(19)15-18/h1-2,4-6,9-16,20H,3,7-8,17H2,(H2,28,29). The Kier molecular flexibility index (Phi) is 4.53. The Balaban J connectivity index is 1.32. The normalized spacial score (nSPS) is 14.0. The monoisotopic (exact) mass is 420 g/mol. The lowest BCUT2D eigenvalue weighted by Gasteiger charge is -2.23. The molecule has 32 heavy (non-hydrogen) atoms. The molecule has 0 spiro atoms. The fourth-order valence-electron chi connectivity index (χ4n) is 4.47. The van der Waals surface area contributed by atoms with Crippen molar-refractivity contribution >= 4 is 22.1 Å². The molecule has 5 heteroatoms. The fourth-order valence-corrected chi connectivity index (χ4v) is 4.47. The molecule has 0 aliphatic heterocycles. The van der Waals surface area contributed by atoms with Gasteiger partial charge in [-0.25, -0.2) is 9.97 Å². The molecule has 2 heterocycles. The highest BCUT2D eigenvalue weighted by atomic mass is 16.5. The van der Waals surface area contributed by atoms with E-state index in [0.717, 1.165) is 33.9 Å². The number of benzene rings is 3. The topological polar surface area (TPSA) is 65.4 Å². The highest BCUT2D eigenvalue weighted by Gasteiger charge is 2.26. The van der Waals surface area contributed by atoms with Gasteiger partial charge in [0.05, 0.1) is 0 Å². The summed E-state index contributed by atoms with van der Waals surface area (Å²) in [4.78, 5) is 9.34. The summed E-state index contributed by atoms with van der Waals surface area (Å²) in [6.07, 6.45) is 7.33. The van der Waals surface area contributed by atoms with Crippen LogP contribution in [-0.4, -0.2) is 14.4 Å². The van der Waals surface area contributed by atoms with Gasteiger partial charge in [0, 0.05) is 23.9 Å². The molecule has 1 aliphatic carbocycles. The van der Waals surface area contributed by atoms with Gasteiger partial charge in [-0.1, -0.05) is 55.0 Å². The molecule has 0 saturated heterocycles. The van der Waals surface area contributed by atoms with Gasteiger partial charge in [0.25, 0.3) is 0 Å².